The van der Waals surface area contributed by atoms with Crippen LogP contribution in [0.3, 0.4) is 0 Å². The van der Waals surface area contributed by atoms with Gasteiger partial charge >= 0.3 is 5.97 Å². The van der Waals surface area contributed by atoms with E-state index in [1.807, 2.05) is 0 Å². The summed E-state index contributed by atoms with van der Waals surface area (Å²) in [5.74, 6) is -1.54. The van der Waals surface area contributed by atoms with Gasteiger partial charge in [0.1, 0.15) is 12.3 Å². The average Bonchev–Trinajstić information content (AvgIpc) is 2.77. The molecule has 0 aromatic rings. The summed E-state index contributed by atoms with van der Waals surface area (Å²) in [6.45, 7) is 3.99. The highest BCUT2D eigenvalue weighted by Crippen LogP contribution is 2.14. The normalized spacial score (nSPS) is 18.6. The third-order valence-electron chi connectivity index (χ3n) is 4.00. The smallest absolute Gasteiger partial charge is 0.326 e. The molecule has 0 saturated carbocycles. The standard InChI is InChI=1S/C16H26N2O5/c1-11(2)15(16(22)23)17(3)12(19)7-5-4-6-10-18-13(20)8-9-14(18)21/h8-9,11,13,15,20H,4-7,10H2,1-3H3,(H,22,23)/t13?,15-/m0/s1. The van der Waals surface area contributed by atoms with Crippen LogP contribution in [0, 0.1) is 5.92 Å². The van der Waals surface area contributed by atoms with Gasteiger partial charge in [-0.25, -0.2) is 4.79 Å². The van der Waals surface area contributed by atoms with Gasteiger partial charge in [0.25, 0.3) is 0 Å². The van der Waals surface area contributed by atoms with E-state index in [1.165, 1.54) is 29.0 Å². The van der Waals surface area contributed by atoms with Crippen LogP contribution in [0.1, 0.15) is 39.5 Å². The molecule has 2 amide bonds. The highest BCUT2D eigenvalue weighted by atomic mass is 16.4. The van der Waals surface area contributed by atoms with Crippen molar-refractivity contribution in [2.45, 2.75) is 51.8 Å². The molecule has 0 fully saturated rings. The summed E-state index contributed by atoms with van der Waals surface area (Å²) in [6.07, 6.45) is 4.27. The summed E-state index contributed by atoms with van der Waals surface area (Å²) >= 11 is 0. The number of carbonyl (C=O) groups is 3. The minimum Gasteiger partial charge on any atom is -0.480 e. The van der Waals surface area contributed by atoms with E-state index < -0.39 is 18.2 Å². The number of amides is 2. The molecule has 0 aromatic carbocycles. The number of hydrogen-bond donors (Lipinski definition) is 2. The predicted octanol–water partition coefficient (Wildman–Crippen LogP) is 0.831. The lowest BCUT2D eigenvalue weighted by Gasteiger charge is -2.27. The molecule has 0 saturated heterocycles. The molecular formula is C16H26N2O5. The maximum absolute atomic E-state index is 12.1. The number of aliphatic carboxylic acids is 1. The number of carboxylic acids is 1. The number of likely N-dealkylation sites (N-methyl/N-ethyl adjacent to an activating group) is 1. The Labute approximate surface area is 136 Å². The highest BCUT2D eigenvalue weighted by Gasteiger charge is 2.29. The molecule has 2 atom stereocenters. The number of aliphatic hydroxyl groups excluding tert-OH is 1. The van der Waals surface area contributed by atoms with Crippen LogP contribution in [-0.2, 0) is 14.4 Å². The van der Waals surface area contributed by atoms with Gasteiger partial charge in [-0.15, -0.1) is 0 Å². The third kappa shape index (κ3) is 5.35. The van der Waals surface area contributed by atoms with Crippen molar-refractivity contribution in [1.29, 1.82) is 0 Å². The second kappa shape index (κ2) is 8.67. The van der Waals surface area contributed by atoms with Gasteiger partial charge < -0.3 is 20.0 Å². The van der Waals surface area contributed by atoms with Crippen molar-refractivity contribution in [2.24, 2.45) is 5.92 Å². The molecule has 1 heterocycles. The second-order valence-corrected chi connectivity index (χ2v) is 6.15. The summed E-state index contributed by atoms with van der Waals surface area (Å²) in [4.78, 5) is 37.4. The zero-order valence-corrected chi connectivity index (χ0v) is 13.9. The molecule has 0 bridgehead atoms. The maximum atomic E-state index is 12.1. The number of carboxylic acid groups (broad SMARTS) is 1. The van der Waals surface area contributed by atoms with E-state index in [0.29, 0.717) is 19.4 Å². The van der Waals surface area contributed by atoms with Gasteiger partial charge in [-0.1, -0.05) is 20.3 Å². The molecule has 2 N–H and O–H groups in total. The third-order valence-corrected chi connectivity index (χ3v) is 4.00. The molecule has 0 spiro atoms. The number of carbonyl (C=O) groups excluding carboxylic acids is 2. The molecule has 1 aliphatic heterocycles. The van der Waals surface area contributed by atoms with Crippen molar-refractivity contribution < 1.29 is 24.6 Å². The fourth-order valence-corrected chi connectivity index (χ4v) is 2.71. The highest BCUT2D eigenvalue weighted by molar-refractivity contribution is 5.90. The Balaban J connectivity index is 2.28. The number of aliphatic hydroxyl groups is 1. The Morgan fingerprint density at radius 2 is 1.96 bits per heavy atom. The molecule has 1 rings (SSSR count). The molecule has 7 heteroatoms. The monoisotopic (exact) mass is 326 g/mol. The fraction of sp³-hybridized carbons (Fsp3) is 0.688. The Bertz CT molecular complexity index is 475. The molecule has 1 unspecified atom stereocenters. The quantitative estimate of drug-likeness (QED) is 0.612. The van der Waals surface area contributed by atoms with Gasteiger partial charge in [0.15, 0.2) is 0 Å². The lowest BCUT2D eigenvalue weighted by Crippen LogP contribution is -2.45. The SMILES string of the molecule is CC(C)[C@@H](C(=O)O)N(C)C(=O)CCCCCN1C(=O)C=CC1O. The lowest BCUT2D eigenvalue weighted by atomic mass is 10.0. The van der Waals surface area contributed by atoms with E-state index in [2.05, 4.69) is 0 Å². The first-order valence-electron chi connectivity index (χ1n) is 7.91. The van der Waals surface area contributed by atoms with Crippen LogP contribution in [-0.4, -0.2) is 63.7 Å². The van der Waals surface area contributed by atoms with Crippen molar-refractivity contribution in [1.82, 2.24) is 9.80 Å². The summed E-state index contributed by atoms with van der Waals surface area (Å²) in [6, 6.07) is -0.814. The van der Waals surface area contributed by atoms with Crippen molar-refractivity contribution in [3.05, 3.63) is 12.2 Å². The fourth-order valence-electron chi connectivity index (χ4n) is 2.71. The van der Waals surface area contributed by atoms with Crippen LogP contribution in [0.15, 0.2) is 12.2 Å². The van der Waals surface area contributed by atoms with Gasteiger partial charge in [0.2, 0.25) is 11.8 Å². The van der Waals surface area contributed by atoms with Gasteiger partial charge in [0.05, 0.1) is 0 Å². The molecular weight excluding hydrogens is 300 g/mol. The van der Waals surface area contributed by atoms with E-state index in [1.54, 1.807) is 13.8 Å². The molecule has 0 aliphatic carbocycles. The first-order valence-corrected chi connectivity index (χ1v) is 7.91. The Morgan fingerprint density at radius 1 is 1.30 bits per heavy atom. The Hall–Kier alpha value is -1.89. The number of hydrogen-bond acceptors (Lipinski definition) is 4. The topological polar surface area (TPSA) is 98.2 Å². The minimum atomic E-state index is -0.995. The molecule has 130 valence electrons. The van der Waals surface area contributed by atoms with E-state index in [0.717, 1.165) is 6.42 Å². The van der Waals surface area contributed by atoms with E-state index in [4.69, 9.17) is 0 Å². The molecule has 0 aromatic heterocycles. The second-order valence-electron chi connectivity index (χ2n) is 6.15. The maximum Gasteiger partial charge on any atom is 0.326 e. The minimum absolute atomic E-state index is 0.156. The summed E-state index contributed by atoms with van der Waals surface area (Å²) in [5, 5.41) is 18.7. The molecule has 7 nitrogen and oxygen atoms in total. The largest absolute Gasteiger partial charge is 0.480 e. The lowest BCUT2D eigenvalue weighted by molar-refractivity contribution is -0.151. The predicted molar refractivity (Wildman–Crippen MR) is 84.4 cm³/mol. The van der Waals surface area contributed by atoms with Crippen LogP contribution in [0.25, 0.3) is 0 Å². The van der Waals surface area contributed by atoms with E-state index in [-0.39, 0.29) is 24.2 Å². The molecule has 0 radical (unpaired) electrons. The van der Waals surface area contributed by atoms with E-state index >= 15 is 0 Å². The summed E-state index contributed by atoms with van der Waals surface area (Å²) < 4.78 is 0. The zero-order valence-electron chi connectivity index (χ0n) is 13.9. The Morgan fingerprint density at radius 3 is 2.43 bits per heavy atom. The first-order chi connectivity index (χ1) is 10.8. The van der Waals surface area contributed by atoms with E-state index in [9.17, 15) is 24.6 Å². The van der Waals surface area contributed by atoms with Crippen molar-refractivity contribution in [3.8, 4) is 0 Å². The Kier molecular flexibility index (Phi) is 7.22. The number of unbranched alkanes of at least 4 members (excludes halogenated alkanes) is 2. The van der Waals surface area contributed by atoms with Crippen LogP contribution in [0.4, 0.5) is 0 Å². The van der Waals surface area contributed by atoms with Crippen LogP contribution in [0.2, 0.25) is 0 Å². The van der Waals surface area contributed by atoms with Crippen molar-refractivity contribution in [3.63, 3.8) is 0 Å². The number of nitrogens with zero attached hydrogens (tertiary/aromatic N) is 2. The van der Waals surface area contributed by atoms with Crippen LogP contribution >= 0.6 is 0 Å². The molecule has 1 aliphatic rings. The van der Waals surface area contributed by atoms with Gasteiger partial charge in [0, 0.05) is 26.1 Å². The van der Waals surface area contributed by atoms with Gasteiger partial charge in [-0.3, -0.25) is 9.59 Å². The van der Waals surface area contributed by atoms with Gasteiger partial charge in [-0.05, 0) is 24.8 Å². The molecule has 23 heavy (non-hydrogen) atoms. The summed E-state index contributed by atoms with van der Waals surface area (Å²) in [5.41, 5.74) is 0. The summed E-state index contributed by atoms with van der Waals surface area (Å²) in [7, 11) is 1.52. The first kappa shape index (κ1) is 19.2. The van der Waals surface area contributed by atoms with Crippen LogP contribution in [0.5, 0.6) is 0 Å². The zero-order chi connectivity index (χ0) is 17.6. The number of rotatable bonds is 9. The van der Waals surface area contributed by atoms with Gasteiger partial charge in [-0.2, -0.15) is 0 Å². The van der Waals surface area contributed by atoms with Crippen molar-refractivity contribution >= 4 is 17.8 Å². The van der Waals surface area contributed by atoms with Crippen molar-refractivity contribution in [2.75, 3.05) is 13.6 Å². The van der Waals surface area contributed by atoms with Crippen LogP contribution < -0.4 is 0 Å². The average molecular weight is 326 g/mol.